The van der Waals surface area contributed by atoms with Gasteiger partial charge in [0.05, 0.1) is 16.9 Å². The van der Waals surface area contributed by atoms with Gasteiger partial charge in [-0.05, 0) is 26.8 Å². The molecule has 0 aliphatic heterocycles. The van der Waals surface area contributed by atoms with Gasteiger partial charge in [-0.3, -0.25) is 4.68 Å². The van der Waals surface area contributed by atoms with E-state index in [0.29, 0.717) is 21.3 Å². The van der Waals surface area contributed by atoms with E-state index in [1.807, 2.05) is 26.0 Å². The lowest BCUT2D eigenvalue weighted by molar-refractivity contribution is 0.0902. The smallest absolute Gasteiger partial charge is 0.131 e. The number of aromatic nitrogens is 2. The predicted octanol–water partition coefficient (Wildman–Crippen LogP) is 4.03. The molecular weight excluding hydrogens is 283 g/mol. The highest BCUT2D eigenvalue weighted by atomic mass is 35.5. The standard InChI is InChI=1S/C14H16Cl2N2O/c1-9(2)18-13(12(16)8-17-18)14(3,19)10-6-4-5-7-11(10)15/h4-9,19H,1-3H3. The Morgan fingerprint density at radius 2 is 1.84 bits per heavy atom. The zero-order valence-corrected chi connectivity index (χ0v) is 12.6. The van der Waals surface area contributed by atoms with Crippen molar-refractivity contribution in [1.82, 2.24) is 9.78 Å². The molecule has 0 spiro atoms. The molecule has 0 amide bonds. The third-order valence-electron chi connectivity index (χ3n) is 3.10. The number of hydrogen-bond acceptors (Lipinski definition) is 2. The Morgan fingerprint density at radius 3 is 2.42 bits per heavy atom. The summed E-state index contributed by atoms with van der Waals surface area (Å²) in [6.07, 6.45) is 1.54. The van der Waals surface area contributed by atoms with Crippen molar-refractivity contribution in [3.8, 4) is 0 Å². The third kappa shape index (κ3) is 2.50. The van der Waals surface area contributed by atoms with Gasteiger partial charge in [0.1, 0.15) is 5.60 Å². The molecule has 0 aliphatic rings. The maximum Gasteiger partial charge on any atom is 0.131 e. The van der Waals surface area contributed by atoms with Crippen LogP contribution in [0.2, 0.25) is 10.0 Å². The molecular formula is C14H16Cl2N2O. The fourth-order valence-corrected chi connectivity index (χ4v) is 2.81. The van der Waals surface area contributed by atoms with E-state index in [4.69, 9.17) is 23.2 Å². The minimum Gasteiger partial charge on any atom is -0.379 e. The zero-order chi connectivity index (χ0) is 14.2. The van der Waals surface area contributed by atoms with Gasteiger partial charge in [-0.15, -0.1) is 0 Å². The Morgan fingerprint density at radius 1 is 1.21 bits per heavy atom. The summed E-state index contributed by atoms with van der Waals surface area (Å²) < 4.78 is 1.71. The first-order chi connectivity index (χ1) is 8.85. The van der Waals surface area contributed by atoms with Crippen LogP contribution in [0.25, 0.3) is 0 Å². The molecule has 5 heteroatoms. The number of halogens is 2. The SMILES string of the molecule is CC(C)n1ncc(Cl)c1C(C)(O)c1ccccc1Cl. The molecule has 1 atom stereocenters. The summed E-state index contributed by atoms with van der Waals surface area (Å²) >= 11 is 12.4. The first-order valence-corrected chi connectivity index (χ1v) is 6.82. The van der Waals surface area contributed by atoms with E-state index in [9.17, 15) is 5.11 Å². The lowest BCUT2D eigenvalue weighted by Crippen LogP contribution is -2.28. The van der Waals surface area contributed by atoms with Crippen LogP contribution in [-0.4, -0.2) is 14.9 Å². The lowest BCUT2D eigenvalue weighted by Gasteiger charge is -2.27. The van der Waals surface area contributed by atoms with E-state index < -0.39 is 5.60 Å². The highest BCUT2D eigenvalue weighted by Gasteiger charge is 2.34. The van der Waals surface area contributed by atoms with Crippen molar-refractivity contribution in [2.75, 3.05) is 0 Å². The van der Waals surface area contributed by atoms with E-state index in [0.717, 1.165) is 0 Å². The summed E-state index contributed by atoms with van der Waals surface area (Å²) in [4.78, 5) is 0. The minimum atomic E-state index is -1.30. The molecule has 19 heavy (non-hydrogen) atoms. The molecule has 0 saturated heterocycles. The molecule has 102 valence electrons. The number of hydrogen-bond donors (Lipinski definition) is 1. The summed E-state index contributed by atoms with van der Waals surface area (Å²) in [5.41, 5.74) is -0.130. The molecule has 0 bridgehead atoms. The Labute approximate surface area is 122 Å². The molecule has 1 aromatic heterocycles. The maximum atomic E-state index is 10.9. The van der Waals surface area contributed by atoms with Gasteiger partial charge in [-0.1, -0.05) is 41.4 Å². The summed E-state index contributed by atoms with van der Waals surface area (Å²) in [5, 5.41) is 16.1. The molecule has 0 fully saturated rings. The van der Waals surface area contributed by atoms with Crippen LogP contribution in [0.5, 0.6) is 0 Å². The van der Waals surface area contributed by atoms with Crippen molar-refractivity contribution >= 4 is 23.2 Å². The Hall–Kier alpha value is -1.03. The second-order valence-corrected chi connectivity index (χ2v) is 5.75. The fourth-order valence-electron chi connectivity index (χ4n) is 2.17. The van der Waals surface area contributed by atoms with Gasteiger partial charge in [0.15, 0.2) is 0 Å². The van der Waals surface area contributed by atoms with Crippen LogP contribution in [0.4, 0.5) is 0 Å². The second-order valence-electron chi connectivity index (χ2n) is 4.93. The van der Waals surface area contributed by atoms with Crippen molar-refractivity contribution < 1.29 is 5.11 Å². The van der Waals surface area contributed by atoms with E-state index >= 15 is 0 Å². The molecule has 1 heterocycles. The third-order valence-corrected chi connectivity index (χ3v) is 3.71. The largest absolute Gasteiger partial charge is 0.379 e. The first-order valence-electron chi connectivity index (χ1n) is 6.06. The first kappa shape index (κ1) is 14.4. The number of rotatable bonds is 3. The van der Waals surface area contributed by atoms with Crippen LogP contribution < -0.4 is 0 Å². The van der Waals surface area contributed by atoms with Gasteiger partial charge in [-0.25, -0.2) is 0 Å². The Kier molecular flexibility index (Phi) is 3.90. The fraction of sp³-hybridized carbons (Fsp3) is 0.357. The molecule has 1 aromatic carbocycles. The van der Waals surface area contributed by atoms with E-state index in [1.54, 1.807) is 29.9 Å². The van der Waals surface area contributed by atoms with Crippen LogP contribution in [0.15, 0.2) is 30.5 Å². The summed E-state index contributed by atoms with van der Waals surface area (Å²) in [7, 11) is 0. The zero-order valence-electron chi connectivity index (χ0n) is 11.1. The van der Waals surface area contributed by atoms with Crippen molar-refractivity contribution in [2.24, 2.45) is 0 Å². The molecule has 0 saturated carbocycles. The van der Waals surface area contributed by atoms with Crippen molar-refractivity contribution in [3.05, 3.63) is 51.8 Å². The van der Waals surface area contributed by atoms with E-state index in [2.05, 4.69) is 5.10 Å². The molecule has 0 radical (unpaired) electrons. The summed E-state index contributed by atoms with van der Waals surface area (Å²) in [5.74, 6) is 0. The normalized spacial score (nSPS) is 14.7. The molecule has 2 rings (SSSR count). The second kappa shape index (κ2) is 5.16. The summed E-state index contributed by atoms with van der Waals surface area (Å²) in [6.45, 7) is 5.64. The predicted molar refractivity (Wildman–Crippen MR) is 77.7 cm³/mol. The van der Waals surface area contributed by atoms with Gasteiger partial charge in [0.25, 0.3) is 0 Å². The number of nitrogens with zero attached hydrogens (tertiary/aromatic N) is 2. The van der Waals surface area contributed by atoms with Gasteiger partial charge < -0.3 is 5.11 Å². The highest BCUT2D eigenvalue weighted by molar-refractivity contribution is 6.32. The van der Waals surface area contributed by atoms with Crippen LogP contribution in [0.3, 0.4) is 0 Å². The lowest BCUT2D eigenvalue weighted by atomic mass is 9.92. The average Bonchev–Trinajstić information content (AvgIpc) is 2.72. The molecule has 0 aliphatic carbocycles. The Bertz CT molecular complexity index is 591. The van der Waals surface area contributed by atoms with Gasteiger partial charge >= 0.3 is 0 Å². The maximum absolute atomic E-state index is 10.9. The Balaban J connectivity index is 2.63. The molecule has 3 nitrogen and oxygen atoms in total. The number of aliphatic hydroxyl groups is 1. The van der Waals surface area contributed by atoms with E-state index in [1.165, 1.54) is 0 Å². The molecule has 1 unspecified atom stereocenters. The topological polar surface area (TPSA) is 38.0 Å². The molecule has 1 N–H and O–H groups in total. The summed E-state index contributed by atoms with van der Waals surface area (Å²) in [6, 6.07) is 7.28. The van der Waals surface area contributed by atoms with Crippen molar-refractivity contribution in [3.63, 3.8) is 0 Å². The van der Waals surface area contributed by atoms with Crippen LogP contribution >= 0.6 is 23.2 Å². The van der Waals surface area contributed by atoms with Gasteiger partial charge in [0.2, 0.25) is 0 Å². The van der Waals surface area contributed by atoms with Gasteiger partial charge in [-0.2, -0.15) is 5.10 Å². The van der Waals surface area contributed by atoms with Crippen LogP contribution in [0, 0.1) is 0 Å². The highest BCUT2D eigenvalue weighted by Crippen LogP contribution is 2.38. The number of benzene rings is 1. The van der Waals surface area contributed by atoms with Gasteiger partial charge in [0, 0.05) is 16.6 Å². The van der Waals surface area contributed by atoms with Crippen molar-refractivity contribution in [1.29, 1.82) is 0 Å². The monoisotopic (exact) mass is 298 g/mol. The van der Waals surface area contributed by atoms with Crippen LogP contribution in [-0.2, 0) is 5.60 Å². The van der Waals surface area contributed by atoms with Crippen LogP contribution in [0.1, 0.15) is 38.1 Å². The quantitative estimate of drug-likeness (QED) is 0.929. The average molecular weight is 299 g/mol. The van der Waals surface area contributed by atoms with E-state index in [-0.39, 0.29) is 6.04 Å². The van der Waals surface area contributed by atoms with Crippen molar-refractivity contribution in [2.45, 2.75) is 32.4 Å². The molecule has 2 aromatic rings. The minimum absolute atomic E-state index is 0.0939.